The van der Waals surface area contributed by atoms with Gasteiger partial charge in [0.1, 0.15) is 13.2 Å². The monoisotopic (exact) mass is 740 g/mol. The van der Waals surface area contributed by atoms with Crippen LogP contribution in [0, 0.1) is 0 Å². The third kappa shape index (κ3) is 36.6. The molecule has 3 N–H and O–H groups in total. The molecular weight excluding hydrogens is 659 g/mol. The molecule has 0 aliphatic rings. The van der Waals surface area contributed by atoms with Crippen molar-refractivity contribution in [2.45, 2.75) is 174 Å². The van der Waals surface area contributed by atoms with Crippen LogP contribution in [0.1, 0.15) is 162 Å². The lowest BCUT2D eigenvalue weighted by atomic mass is 10.0. The standard InChI is InChI=1S/C42H79N2O6P/c1-6-8-10-12-13-14-15-16-17-18-19-20-21-22-23-24-25-26-27-28-29-30-31-32-34-36-42(46)43-40(41(45)35-33-11-9-7-2)39-50-51(47,48)49-38-37-44(3,4)5/h8,10,13-14,16-17,19-20,40-41,45H,6-7,9,11-12,15,18,21-39H2,1-5H3,(H-,43,46,47,48)/p+1/b10-8-,14-13-,17-16-,20-19-. The van der Waals surface area contributed by atoms with Gasteiger partial charge in [-0.2, -0.15) is 0 Å². The Bertz CT molecular complexity index is 975. The highest BCUT2D eigenvalue weighted by atomic mass is 31.2. The first kappa shape index (κ1) is 49.5. The second kappa shape index (κ2) is 34.2. The molecule has 0 aromatic rings. The zero-order chi connectivity index (χ0) is 37.9. The second-order valence-corrected chi connectivity index (χ2v) is 16.4. The summed E-state index contributed by atoms with van der Waals surface area (Å²) in [6.07, 6.45) is 42.0. The van der Waals surface area contributed by atoms with Gasteiger partial charge in [0.2, 0.25) is 5.91 Å². The van der Waals surface area contributed by atoms with Gasteiger partial charge in [0.25, 0.3) is 0 Å². The highest BCUT2D eigenvalue weighted by Gasteiger charge is 2.28. The van der Waals surface area contributed by atoms with E-state index in [1.54, 1.807) is 0 Å². The molecule has 0 aliphatic carbocycles. The van der Waals surface area contributed by atoms with Crippen molar-refractivity contribution < 1.29 is 32.9 Å². The number of rotatable bonds is 36. The Morgan fingerprint density at radius 2 is 1.18 bits per heavy atom. The quantitative estimate of drug-likeness (QED) is 0.0256. The minimum Gasteiger partial charge on any atom is -0.391 e. The Balaban J connectivity index is 3.99. The summed E-state index contributed by atoms with van der Waals surface area (Å²) in [5.41, 5.74) is 0. The number of hydrogen-bond donors (Lipinski definition) is 3. The molecule has 0 saturated carbocycles. The van der Waals surface area contributed by atoms with Gasteiger partial charge >= 0.3 is 7.82 Å². The van der Waals surface area contributed by atoms with Gasteiger partial charge in [-0.05, 0) is 51.4 Å². The summed E-state index contributed by atoms with van der Waals surface area (Å²) in [7, 11) is 1.60. The number of aliphatic hydroxyl groups is 1. The summed E-state index contributed by atoms with van der Waals surface area (Å²) in [6.45, 7) is 4.63. The first-order valence-electron chi connectivity index (χ1n) is 20.5. The average Bonchev–Trinajstić information content (AvgIpc) is 3.07. The van der Waals surface area contributed by atoms with Crippen LogP contribution in [-0.2, 0) is 18.4 Å². The van der Waals surface area contributed by atoms with E-state index in [9.17, 15) is 19.4 Å². The van der Waals surface area contributed by atoms with Crippen molar-refractivity contribution in [1.29, 1.82) is 0 Å². The maximum absolute atomic E-state index is 12.7. The van der Waals surface area contributed by atoms with Crippen molar-refractivity contribution >= 4 is 13.7 Å². The second-order valence-electron chi connectivity index (χ2n) is 15.0. The summed E-state index contributed by atoms with van der Waals surface area (Å²) < 4.78 is 23.3. The molecule has 0 bridgehead atoms. The number of aliphatic hydroxyl groups excluding tert-OH is 1. The summed E-state index contributed by atoms with van der Waals surface area (Å²) in [5, 5.41) is 13.7. The van der Waals surface area contributed by atoms with E-state index in [1.165, 1.54) is 64.2 Å². The fraction of sp³-hybridized carbons (Fsp3) is 0.786. The highest BCUT2D eigenvalue weighted by Crippen LogP contribution is 2.43. The molecule has 3 unspecified atom stereocenters. The smallest absolute Gasteiger partial charge is 0.391 e. The van der Waals surface area contributed by atoms with Crippen molar-refractivity contribution in [3.63, 3.8) is 0 Å². The van der Waals surface area contributed by atoms with Gasteiger partial charge in [0.15, 0.2) is 0 Å². The SMILES string of the molecule is CC/C=C\C/C=C\C/C=C\C/C=C\CCCCCCCCCCCCCCC(=O)NC(COP(=O)(O)OCC[N+](C)(C)C)C(O)CCCCCC. The van der Waals surface area contributed by atoms with Crippen molar-refractivity contribution in [1.82, 2.24) is 5.32 Å². The Labute approximate surface area is 314 Å². The van der Waals surface area contributed by atoms with E-state index in [0.717, 1.165) is 70.6 Å². The molecule has 0 radical (unpaired) electrons. The molecule has 0 rings (SSSR count). The Morgan fingerprint density at radius 1 is 0.686 bits per heavy atom. The van der Waals surface area contributed by atoms with Crippen LogP contribution in [0.2, 0.25) is 0 Å². The molecule has 298 valence electrons. The Hall–Kier alpha value is -1.54. The van der Waals surface area contributed by atoms with Gasteiger partial charge in [0.05, 0.1) is 39.9 Å². The van der Waals surface area contributed by atoms with E-state index in [4.69, 9.17) is 9.05 Å². The van der Waals surface area contributed by atoms with Crippen LogP contribution in [0.4, 0.5) is 0 Å². The maximum Gasteiger partial charge on any atom is 0.472 e. The van der Waals surface area contributed by atoms with Crippen LogP contribution in [0.25, 0.3) is 0 Å². The van der Waals surface area contributed by atoms with Crippen molar-refractivity contribution in [2.75, 3.05) is 40.9 Å². The molecule has 51 heavy (non-hydrogen) atoms. The molecule has 3 atom stereocenters. The lowest BCUT2D eigenvalue weighted by molar-refractivity contribution is -0.870. The molecule has 0 spiro atoms. The van der Waals surface area contributed by atoms with Crippen LogP contribution in [0.15, 0.2) is 48.6 Å². The minimum atomic E-state index is -4.29. The lowest BCUT2D eigenvalue weighted by Gasteiger charge is -2.26. The van der Waals surface area contributed by atoms with Crippen LogP contribution in [0.5, 0.6) is 0 Å². The molecular formula is C42H80N2O6P+. The Kier molecular flexibility index (Phi) is 33.2. The summed E-state index contributed by atoms with van der Waals surface area (Å²) in [4.78, 5) is 22.9. The number of unbranched alkanes of at least 4 members (excludes halogenated alkanes) is 15. The lowest BCUT2D eigenvalue weighted by Crippen LogP contribution is -2.46. The topological polar surface area (TPSA) is 105 Å². The molecule has 0 heterocycles. The molecule has 0 aromatic carbocycles. The maximum atomic E-state index is 12.7. The normalized spacial score (nSPS) is 15.0. The van der Waals surface area contributed by atoms with E-state index in [2.05, 4.69) is 67.8 Å². The number of amides is 1. The summed E-state index contributed by atoms with van der Waals surface area (Å²) in [6, 6.07) is -0.757. The zero-order valence-corrected chi connectivity index (χ0v) is 34.5. The average molecular weight is 740 g/mol. The van der Waals surface area contributed by atoms with Crippen LogP contribution < -0.4 is 5.32 Å². The predicted molar refractivity (Wildman–Crippen MR) is 217 cm³/mol. The van der Waals surface area contributed by atoms with Crippen molar-refractivity contribution in [3.8, 4) is 0 Å². The van der Waals surface area contributed by atoms with Gasteiger partial charge in [-0.3, -0.25) is 13.8 Å². The molecule has 0 saturated heterocycles. The number of nitrogens with one attached hydrogen (secondary N) is 1. The van der Waals surface area contributed by atoms with Gasteiger partial charge in [0, 0.05) is 6.42 Å². The number of hydrogen-bond acceptors (Lipinski definition) is 5. The third-order valence-corrected chi connectivity index (χ3v) is 9.83. The highest BCUT2D eigenvalue weighted by molar-refractivity contribution is 7.47. The van der Waals surface area contributed by atoms with E-state index in [0.29, 0.717) is 23.9 Å². The number of allylic oxidation sites excluding steroid dienone is 8. The van der Waals surface area contributed by atoms with Gasteiger partial charge in [-0.25, -0.2) is 4.57 Å². The van der Waals surface area contributed by atoms with Crippen LogP contribution in [0.3, 0.4) is 0 Å². The number of likely N-dealkylation sites (N-methyl/N-ethyl adjacent to an activating group) is 1. The number of carbonyl (C=O) groups excluding carboxylic acids is 1. The Morgan fingerprint density at radius 3 is 1.71 bits per heavy atom. The molecule has 9 heteroatoms. The van der Waals surface area contributed by atoms with E-state index < -0.39 is 20.0 Å². The first-order valence-corrected chi connectivity index (χ1v) is 22.0. The molecule has 0 fully saturated rings. The molecule has 0 aliphatic heterocycles. The molecule has 0 aromatic heterocycles. The van der Waals surface area contributed by atoms with Crippen LogP contribution in [-0.4, -0.2) is 73.4 Å². The van der Waals surface area contributed by atoms with Gasteiger partial charge in [-0.15, -0.1) is 0 Å². The third-order valence-electron chi connectivity index (χ3n) is 8.84. The van der Waals surface area contributed by atoms with Crippen molar-refractivity contribution in [2.24, 2.45) is 0 Å². The fourth-order valence-electron chi connectivity index (χ4n) is 5.56. The van der Waals surface area contributed by atoms with E-state index >= 15 is 0 Å². The largest absolute Gasteiger partial charge is 0.472 e. The summed E-state index contributed by atoms with van der Waals surface area (Å²) in [5.74, 6) is -0.159. The zero-order valence-electron chi connectivity index (χ0n) is 33.6. The number of phosphoric acid groups is 1. The number of nitrogens with zero attached hydrogens (tertiary/aromatic N) is 1. The number of phosphoric ester groups is 1. The first-order chi connectivity index (χ1) is 24.5. The fourth-order valence-corrected chi connectivity index (χ4v) is 6.30. The van der Waals surface area contributed by atoms with Crippen LogP contribution >= 0.6 is 7.82 Å². The molecule has 8 nitrogen and oxygen atoms in total. The van der Waals surface area contributed by atoms with Crippen molar-refractivity contribution in [3.05, 3.63) is 48.6 Å². The predicted octanol–water partition coefficient (Wildman–Crippen LogP) is 10.9. The van der Waals surface area contributed by atoms with Gasteiger partial charge in [-0.1, -0.05) is 152 Å². The van der Waals surface area contributed by atoms with Gasteiger partial charge < -0.3 is 19.8 Å². The number of quaternary nitrogens is 1. The summed E-state index contributed by atoms with van der Waals surface area (Å²) >= 11 is 0. The molecule has 1 amide bonds. The van der Waals surface area contributed by atoms with E-state index in [1.807, 2.05) is 21.1 Å². The number of carbonyl (C=O) groups is 1. The van der Waals surface area contributed by atoms with E-state index in [-0.39, 0.29) is 19.1 Å². The minimum absolute atomic E-state index is 0.0715.